The summed E-state index contributed by atoms with van der Waals surface area (Å²) in [6, 6.07) is 0.884. The molecule has 1 rings (SSSR count). The lowest BCUT2D eigenvalue weighted by Crippen LogP contribution is -2.25. The first-order chi connectivity index (χ1) is 7.77. The molecule has 0 spiro atoms. The fourth-order valence-electron chi connectivity index (χ4n) is 1.18. The van der Waals surface area contributed by atoms with Crippen molar-refractivity contribution < 1.29 is 22.0 Å². The zero-order chi connectivity index (χ0) is 13.2. The zero-order valence-electron chi connectivity index (χ0n) is 8.83. The Labute approximate surface area is 96.7 Å². The minimum Gasteiger partial charge on any atom is -0.352 e. The maximum Gasteiger partial charge on any atom is 0.254 e. The molecule has 1 aromatic rings. The summed E-state index contributed by atoms with van der Waals surface area (Å²) in [6.45, 7) is 1.82. The first-order valence-corrected chi connectivity index (χ1v) is 6.12. The smallest absolute Gasteiger partial charge is 0.254 e. The van der Waals surface area contributed by atoms with Crippen molar-refractivity contribution >= 4 is 15.9 Å². The summed E-state index contributed by atoms with van der Waals surface area (Å²) < 4.78 is 48.4. The maximum atomic E-state index is 13.3. The minimum absolute atomic E-state index is 0.223. The fourth-order valence-corrected chi connectivity index (χ4v) is 1.79. The lowest BCUT2D eigenvalue weighted by Gasteiger charge is -2.06. The van der Waals surface area contributed by atoms with Crippen LogP contribution in [0.15, 0.2) is 17.0 Å². The largest absolute Gasteiger partial charge is 0.352 e. The lowest BCUT2D eigenvalue weighted by atomic mass is 10.2. The summed E-state index contributed by atoms with van der Waals surface area (Å²) in [5.41, 5.74) is -0.572. The number of carbonyl (C=O) groups excluding carboxylic acids is 1. The van der Waals surface area contributed by atoms with Crippen LogP contribution >= 0.6 is 0 Å². The molecule has 0 heterocycles. The van der Waals surface area contributed by atoms with E-state index in [9.17, 15) is 22.0 Å². The van der Waals surface area contributed by atoms with Crippen LogP contribution in [0.5, 0.6) is 0 Å². The number of hydrogen-bond acceptors (Lipinski definition) is 3. The highest BCUT2D eigenvalue weighted by Crippen LogP contribution is 2.18. The van der Waals surface area contributed by atoms with Gasteiger partial charge in [-0.05, 0) is 13.0 Å². The zero-order valence-corrected chi connectivity index (χ0v) is 9.64. The summed E-state index contributed by atoms with van der Waals surface area (Å²) in [6.07, 6.45) is 0. The molecular formula is C9H10F2N2O3S. The number of nitrogens with one attached hydrogen (secondary N) is 1. The predicted octanol–water partition coefficient (Wildman–Crippen LogP) is 0.362. The van der Waals surface area contributed by atoms with Gasteiger partial charge in [-0.15, -0.1) is 0 Å². The van der Waals surface area contributed by atoms with Crippen molar-refractivity contribution in [3.05, 3.63) is 29.3 Å². The normalized spacial score (nSPS) is 11.3. The molecule has 0 bridgehead atoms. The average Bonchev–Trinajstić information content (AvgIpc) is 2.15. The number of primary sulfonamides is 1. The van der Waals surface area contributed by atoms with E-state index in [0.717, 1.165) is 0 Å². The third-order valence-electron chi connectivity index (χ3n) is 1.91. The fraction of sp³-hybridized carbons (Fsp3) is 0.222. The Morgan fingerprint density at radius 1 is 1.35 bits per heavy atom. The molecule has 0 aromatic heterocycles. The van der Waals surface area contributed by atoms with Gasteiger partial charge in [-0.3, -0.25) is 4.79 Å². The number of carbonyl (C=O) groups is 1. The molecule has 0 radical (unpaired) electrons. The van der Waals surface area contributed by atoms with Crippen LogP contribution < -0.4 is 10.5 Å². The molecular weight excluding hydrogens is 254 g/mol. The van der Waals surface area contributed by atoms with E-state index in [2.05, 4.69) is 5.32 Å². The summed E-state index contributed by atoms with van der Waals surface area (Å²) in [5.74, 6) is -3.33. The Morgan fingerprint density at radius 2 is 1.94 bits per heavy atom. The van der Waals surface area contributed by atoms with Gasteiger partial charge in [-0.2, -0.15) is 0 Å². The molecule has 0 atom stereocenters. The lowest BCUT2D eigenvalue weighted by molar-refractivity contribution is 0.0951. The molecule has 0 aliphatic carbocycles. The number of benzene rings is 1. The van der Waals surface area contributed by atoms with Crippen molar-refractivity contribution in [2.75, 3.05) is 6.54 Å². The van der Waals surface area contributed by atoms with Crippen molar-refractivity contribution in [1.29, 1.82) is 0 Å². The van der Waals surface area contributed by atoms with Crippen LogP contribution in [0.3, 0.4) is 0 Å². The van der Waals surface area contributed by atoms with Gasteiger partial charge < -0.3 is 5.32 Å². The Kier molecular flexibility index (Phi) is 3.79. The SMILES string of the molecule is CCNC(=O)c1cc(S(N)(=O)=O)c(F)cc1F. The van der Waals surface area contributed by atoms with Gasteiger partial charge >= 0.3 is 0 Å². The van der Waals surface area contributed by atoms with E-state index in [1.807, 2.05) is 0 Å². The van der Waals surface area contributed by atoms with Gasteiger partial charge in [0, 0.05) is 12.6 Å². The first kappa shape index (κ1) is 13.5. The molecule has 0 unspecified atom stereocenters. The molecule has 1 aromatic carbocycles. The van der Waals surface area contributed by atoms with E-state index in [-0.39, 0.29) is 6.54 Å². The average molecular weight is 264 g/mol. The quantitative estimate of drug-likeness (QED) is 0.826. The van der Waals surface area contributed by atoms with Crippen molar-refractivity contribution in [3.8, 4) is 0 Å². The van der Waals surface area contributed by atoms with Crippen LogP contribution in [0.25, 0.3) is 0 Å². The summed E-state index contributed by atoms with van der Waals surface area (Å²) in [7, 11) is -4.34. The van der Waals surface area contributed by atoms with Crippen LogP contribution in [0.2, 0.25) is 0 Å². The van der Waals surface area contributed by atoms with Gasteiger partial charge in [0.2, 0.25) is 10.0 Å². The topological polar surface area (TPSA) is 89.3 Å². The van der Waals surface area contributed by atoms with E-state index >= 15 is 0 Å². The third-order valence-corrected chi connectivity index (χ3v) is 2.84. The van der Waals surface area contributed by atoms with Gasteiger partial charge in [0.05, 0.1) is 5.56 Å². The molecule has 1 amide bonds. The maximum absolute atomic E-state index is 13.3. The molecule has 0 aliphatic heterocycles. The molecule has 8 heteroatoms. The second-order valence-electron chi connectivity index (χ2n) is 3.17. The Bertz CT molecular complexity index is 558. The molecule has 0 aliphatic rings. The van der Waals surface area contributed by atoms with E-state index < -0.39 is 38.0 Å². The number of sulfonamides is 1. The molecule has 0 fully saturated rings. The van der Waals surface area contributed by atoms with Crippen molar-refractivity contribution in [3.63, 3.8) is 0 Å². The Balaban J connectivity index is 3.39. The predicted molar refractivity (Wildman–Crippen MR) is 55.7 cm³/mol. The standard InChI is InChI=1S/C9H10F2N2O3S/c1-2-13-9(14)5-3-8(17(12,15)16)7(11)4-6(5)10/h3-4H,2H2,1H3,(H,13,14)(H2,12,15,16). The third kappa shape index (κ3) is 2.98. The second-order valence-corrected chi connectivity index (χ2v) is 4.70. The van der Waals surface area contributed by atoms with Gasteiger partial charge in [-0.1, -0.05) is 0 Å². The number of rotatable bonds is 3. The number of halogens is 2. The number of amides is 1. The van der Waals surface area contributed by atoms with E-state index in [0.29, 0.717) is 12.1 Å². The molecule has 3 N–H and O–H groups in total. The van der Waals surface area contributed by atoms with Crippen LogP contribution in [0.4, 0.5) is 8.78 Å². The summed E-state index contributed by atoms with van der Waals surface area (Å²) in [5, 5.41) is 6.99. The summed E-state index contributed by atoms with van der Waals surface area (Å²) >= 11 is 0. The van der Waals surface area contributed by atoms with Crippen LogP contribution in [-0.2, 0) is 10.0 Å². The van der Waals surface area contributed by atoms with Crippen LogP contribution in [0.1, 0.15) is 17.3 Å². The molecule has 5 nitrogen and oxygen atoms in total. The van der Waals surface area contributed by atoms with Gasteiger partial charge in [0.15, 0.2) is 0 Å². The van der Waals surface area contributed by atoms with Gasteiger partial charge in [0.25, 0.3) is 5.91 Å². The van der Waals surface area contributed by atoms with Crippen LogP contribution in [-0.4, -0.2) is 20.9 Å². The minimum atomic E-state index is -4.34. The van der Waals surface area contributed by atoms with Gasteiger partial charge in [-0.25, -0.2) is 22.3 Å². The van der Waals surface area contributed by atoms with E-state index in [1.165, 1.54) is 0 Å². The monoisotopic (exact) mass is 264 g/mol. The first-order valence-electron chi connectivity index (χ1n) is 4.57. The molecule has 0 saturated carbocycles. The Hall–Kier alpha value is -1.54. The highest BCUT2D eigenvalue weighted by molar-refractivity contribution is 7.89. The highest BCUT2D eigenvalue weighted by Gasteiger charge is 2.21. The molecule has 17 heavy (non-hydrogen) atoms. The highest BCUT2D eigenvalue weighted by atomic mass is 32.2. The second kappa shape index (κ2) is 4.76. The number of hydrogen-bond donors (Lipinski definition) is 2. The van der Waals surface area contributed by atoms with Crippen molar-refractivity contribution in [2.24, 2.45) is 5.14 Å². The van der Waals surface area contributed by atoms with Crippen LogP contribution in [0, 0.1) is 11.6 Å². The Morgan fingerprint density at radius 3 is 2.41 bits per heavy atom. The van der Waals surface area contributed by atoms with E-state index in [4.69, 9.17) is 5.14 Å². The molecule has 94 valence electrons. The van der Waals surface area contributed by atoms with Crippen molar-refractivity contribution in [2.45, 2.75) is 11.8 Å². The van der Waals surface area contributed by atoms with E-state index in [1.54, 1.807) is 6.92 Å². The summed E-state index contributed by atoms with van der Waals surface area (Å²) in [4.78, 5) is 10.4. The molecule has 0 saturated heterocycles. The number of nitrogens with two attached hydrogens (primary N) is 1. The van der Waals surface area contributed by atoms with Gasteiger partial charge in [0.1, 0.15) is 16.5 Å². The van der Waals surface area contributed by atoms with Crippen molar-refractivity contribution in [1.82, 2.24) is 5.32 Å².